The van der Waals surface area contributed by atoms with Crippen molar-refractivity contribution >= 4 is 38.9 Å². The normalized spacial score (nSPS) is 17.9. The van der Waals surface area contributed by atoms with Crippen molar-refractivity contribution in [2.24, 2.45) is 0 Å². The van der Waals surface area contributed by atoms with Gasteiger partial charge in [0.1, 0.15) is 6.04 Å². The Kier molecular flexibility index (Phi) is 5.81. The Hall–Kier alpha value is -2.96. The molecule has 0 radical (unpaired) electrons. The van der Waals surface area contributed by atoms with Gasteiger partial charge in [0.15, 0.2) is 5.11 Å². The van der Waals surface area contributed by atoms with Gasteiger partial charge in [-0.3, -0.25) is 4.98 Å². The third-order valence-corrected chi connectivity index (χ3v) is 7.57. The second-order valence-electron chi connectivity index (χ2n) is 8.50. The first-order chi connectivity index (χ1) is 15.9. The van der Waals surface area contributed by atoms with Gasteiger partial charge < -0.3 is 14.8 Å². The van der Waals surface area contributed by atoms with Gasteiger partial charge in [-0.1, -0.05) is 28.1 Å². The molecule has 2 atom stereocenters. The largest absolute Gasteiger partial charge is 0.351 e. The summed E-state index contributed by atoms with van der Waals surface area (Å²) in [4.78, 5) is 6.90. The number of rotatable bonds is 4. The van der Waals surface area contributed by atoms with Crippen LogP contribution in [-0.4, -0.2) is 14.7 Å². The minimum absolute atomic E-state index is 0.0652. The quantitative estimate of drug-likeness (QED) is 0.304. The molecule has 1 N–H and O–H groups in total. The van der Waals surface area contributed by atoms with Crippen LogP contribution in [0.25, 0.3) is 5.69 Å². The zero-order valence-corrected chi connectivity index (χ0v) is 21.2. The molecule has 5 rings (SSSR count). The van der Waals surface area contributed by atoms with Crippen molar-refractivity contribution in [2.45, 2.75) is 32.9 Å². The average Bonchev–Trinajstić information content (AvgIpc) is 3.42. The van der Waals surface area contributed by atoms with Crippen LogP contribution >= 0.6 is 28.1 Å². The molecule has 2 aromatic carbocycles. The number of hydrogen-bond donors (Lipinski definition) is 1. The third-order valence-electron chi connectivity index (χ3n) is 6.37. The minimum atomic E-state index is -0.0807. The Bertz CT molecular complexity index is 1330. The van der Waals surface area contributed by atoms with Crippen molar-refractivity contribution < 1.29 is 0 Å². The lowest BCUT2D eigenvalue weighted by atomic mass is 10.00. The first-order valence-corrected chi connectivity index (χ1v) is 12.2. The van der Waals surface area contributed by atoms with Gasteiger partial charge >= 0.3 is 0 Å². The molecule has 1 fully saturated rings. The number of nitrogens with zero attached hydrogens (tertiary/aromatic N) is 3. The number of halogens is 1. The molecule has 1 saturated heterocycles. The van der Waals surface area contributed by atoms with E-state index in [1.54, 1.807) is 0 Å². The molecule has 2 aromatic heterocycles. The van der Waals surface area contributed by atoms with E-state index in [2.05, 4.69) is 117 Å². The lowest BCUT2D eigenvalue weighted by molar-refractivity contribution is 0.549. The molecule has 4 aromatic rings. The Labute approximate surface area is 208 Å². The molecule has 6 heteroatoms. The number of aryl methyl sites for hydroxylation is 3. The molecule has 1 aliphatic rings. The standard InChI is InChI=1S/C27H25BrN4S/c1-17-9-10-20(15-18(17)2)31-14-6-8-24(31)26-25(23-7-4-5-13-29-23)30-27(33)32(26)21-11-12-22(28)19(3)16-21/h4-16,25-26H,1-3H3,(H,30,33)/t25-,26-/m1/s1. The van der Waals surface area contributed by atoms with E-state index >= 15 is 0 Å². The number of aromatic nitrogens is 2. The summed E-state index contributed by atoms with van der Waals surface area (Å²) in [6.07, 6.45) is 3.97. The maximum absolute atomic E-state index is 5.89. The van der Waals surface area contributed by atoms with Crippen LogP contribution in [0.5, 0.6) is 0 Å². The van der Waals surface area contributed by atoms with Gasteiger partial charge in [-0.25, -0.2) is 0 Å². The van der Waals surface area contributed by atoms with Crippen molar-refractivity contribution in [1.29, 1.82) is 0 Å². The molecule has 33 heavy (non-hydrogen) atoms. The SMILES string of the molecule is Cc1ccc(-n2cccc2[C@@H]2[C@@H](c3ccccn3)NC(=S)N2c2ccc(Br)c(C)c2)cc1C. The number of thiocarbonyl (C=S) groups is 1. The average molecular weight is 517 g/mol. The van der Waals surface area contributed by atoms with Gasteiger partial charge in [0, 0.05) is 33.9 Å². The van der Waals surface area contributed by atoms with Crippen LogP contribution in [0.1, 0.15) is 40.2 Å². The van der Waals surface area contributed by atoms with E-state index in [1.165, 1.54) is 16.7 Å². The predicted octanol–water partition coefficient (Wildman–Crippen LogP) is 6.74. The summed E-state index contributed by atoms with van der Waals surface area (Å²) < 4.78 is 3.35. The highest BCUT2D eigenvalue weighted by Crippen LogP contribution is 2.42. The monoisotopic (exact) mass is 516 g/mol. The van der Waals surface area contributed by atoms with Gasteiger partial charge in [-0.05, 0) is 104 Å². The van der Waals surface area contributed by atoms with Crippen LogP contribution in [-0.2, 0) is 0 Å². The van der Waals surface area contributed by atoms with Crippen molar-refractivity contribution in [3.8, 4) is 5.69 Å². The zero-order chi connectivity index (χ0) is 23.1. The van der Waals surface area contributed by atoms with Gasteiger partial charge in [-0.2, -0.15) is 0 Å². The van der Waals surface area contributed by atoms with Crippen LogP contribution < -0.4 is 10.2 Å². The Balaban J connectivity index is 1.68. The van der Waals surface area contributed by atoms with Crippen molar-refractivity contribution in [3.05, 3.63) is 112 Å². The highest BCUT2D eigenvalue weighted by Gasteiger charge is 2.42. The highest BCUT2D eigenvalue weighted by atomic mass is 79.9. The molecule has 4 nitrogen and oxygen atoms in total. The zero-order valence-electron chi connectivity index (χ0n) is 18.8. The Morgan fingerprint density at radius 3 is 2.39 bits per heavy atom. The second-order valence-corrected chi connectivity index (χ2v) is 9.74. The number of nitrogens with one attached hydrogen (secondary N) is 1. The Morgan fingerprint density at radius 1 is 0.879 bits per heavy atom. The van der Waals surface area contributed by atoms with Crippen LogP contribution in [0.15, 0.2) is 83.6 Å². The molecule has 0 unspecified atom stereocenters. The Morgan fingerprint density at radius 2 is 1.67 bits per heavy atom. The maximum atomic E-state index is 5.89. The van der Waals surface area contributed by atoms with Crippen LogP contribution in [0, 0.1) is 20.8 Å². The molecule has 1 aliphatic heterocycles. The fourth-order valence-corrected chi connectivity index (χ4v) is 5.05. The van der Waals surface area contributed by atoms with Crippen molar-refractivity contribution in [3.63, 3.8) is 0 Å². The van der Waals surface area contributed by atoms with Crippen LogP contribution in [0.4, 0.5) is 5.69 Å². The van der Waals surface area contributed by atoms with E-state index in [0.717, 1.165) is 27.2 Å². The summed E-state index contributed by atoms with van der Waals surface area (Å²) >= 11 is 9.52. The summed E-state index contributed by atoms with van der Waals surface area (Å²) in [5.74, 6) is 0. The van der Waals surface area contributed by atoms with Gasteiger partial charge in [0.25, 0.3) is 0 Å². The molecule has 0 spiro atoms. The predicted molar refractivity (Wildman–Crippen MR) is 142 cm³/mol. The molecule has 0 bridgehead atoms. The summed E-state index contributed by atoms with van der Waals surface area (Å²) in [5, 5.41) is 4.26. The van der Waals surface area contributed by atoms with Gasteiger partial charge in [0.2, 0.25) is 0 Å². The lowest BCUT2D eigenvalue weighted by Gasteiger charge is -2.29. The molecular formula is C27H25BrN4S. The molecule has 0 amide bonds. The molecule has 3 heterocycles. The summed E-state index contributed by atoms with van der Waals surface area (Å²) in [6, 6.07) is 23.1. The number of pyridine rings is 1. The van der Waals surface area contributed by atoms with Crippen molar-refractivity contribution in [1.82, 2.24) is 14.9 Å². The van der Waals surface area contributed by atoms with E-state index in [-0.39, 0.29) is 12.1 Å². The van der Waals surface area contributed by atoms with E-state index in [0.29, 0.717) is 5.11 Å². The molecule has 0 aliphatic carbocycles. The first kappa shape index (κ1) is 21.9. The second kappa shape index (κ2) is 8.76. The van der Waals surface area contributed by atoms with E-state index in [4.69, 9.17) is 12.2 Å². The summed E-state index contributed by atoms with van der Waals surface area (Å²) in [6.45, 7) is 6.40. The fourth-order valence-electron chi connectivity index (χ4n) is 4.46. The number of anilines is 1. The maximum Gasteiger partial charge on any atom is 0.174 e. The molecular weight excluding hydrogens is 492 g/mol. The minimum Gasteiger partial charge on any atom is -0.351 e. The topological polar surface area (TPSA) is 33.1 Å². The van der Waals surface area contributed by atoms with Crippen LogP contribution in [0.3, 0.4) is 0 Å². The summed E-state index contributed by atoms with van der Waals surface area (Å²) in [5.41, 5.74) is 8.05. The lowest BCUT2D eigenvalue weighted by Crippen LogP contribution is -2.30. The number of benzene rings is 2. The third kappa shape index (κ3) is 3.98. The fraction of sp³-hybridized carbons (Fsp3) is 0.185. The van der Waals surface area contributed by atoms with E-state index in [1.807, 2.05) is 18.3 Å². The molecule has 0 saturated carbocycles. The van der Waals surface area contributed by atoms with E-state index in [9.17, 15) is 0 Å². The van der Waals surface area contributed by atoms with E-state index < -0.39 is 0 Å². The number of hydrogen-bond acceptors (Lipinski definition) is 2. The van der Waals surface area contributed by atoms with Crippen LogP contribution in [0.2, 0.25) is 0 Å². The first-order valence-electron chi connectivity index (χ1n) is 11.0. The smallest absolute Gasteiger partial charge is 0.174 e. The highest BCUT2D eigenvalue weighted by molar-refractivity contribution is 9.10. The van der Waals surface area contributed by atoms with Gasteiger partial charge in [0.05, 0.1) is 11.7 Å². The molecule has 166 valence electrons. The van der Waals surface area contributed by atoms with Gasteiger partial charge in [-0.15, -0.1) is 0 Å². The summed E-state index contributed by atoms with van der Waals surface area (Å²) in [7, 11) is 0. The van der Waals surface area contributed by atoms with Crippen molar-refractivity contribution in [2.75, 3.05) is 4.90 Å².